The third-order valence-electron chi connectivity index (χ3n) is 11.4. The van der Waals surface area contributed by atoms with E-state index in [1.165, 1.54) is 71.7 Å². The number of carbonyl (C=O) groups is 4. The lowest BCUT2D eigenvalue weighted by Crippen LogP contribution is -2.48. The maximum Gasteiger partial charge on any atom is 0.297 e. The van der Waals surface area contributed by atoms with Crippen LogP contribution in [0.3, 0.4) is 0 Å². The van der Waals surface area contributed by atoms with Crippen LogP contribution in [0.5, 0.6) is 0 Å². The lowest BCUT2D eigenvalue weighted by Gasteiger charge is -2.31. The quantitative estimate of drug-likeness (QED) is 0.0259. The molecule has 0 spiro atoms. The van der Waals surface area contributed by atoms with E-state index in [0.29, 0.717) is 54.5 Å². The molecule has 10 heterocycles. The number of aliphatic hydroxyl groups is 1. The molecule has 0 aromatic carbocycles. The molecule has 23 nitrogen and oxygen atoms in total. The molecule has 1 aliphatic carbocycles. The zero-order chi connectivity index (χ0) is 64.2. The molecule has 11 rings (SSSR count). The van der Waals surface area contributed by atoms with Gasteiger partial charge in [-0.3, -0.25) is 57.8 Å². The number of aldehydes is 1. The van der Waals surface area contributed by atoms with Crippen molar-refractivity contribution in [3.05, 3.63) is 127 Å². The molecule has 0 saturated heterocycles. The lowest BCUT2D eigenvalue weighted by molar-refractivity contribution is -0.124. The molecule has 10 aromatic heterocycles. The van der Waals surface area contributed by atoms with Gasteiger partial charge in [0.2, 0.25) is 47.1 Å². The van der Waals surface area contributed by atoms with E-state index in [-0.39, 0.29) is 41.2 Å². The van der Waals surface area contributed by atoms with Crippen molar-refractivity contribution in [2.24, 2.45) is 5.10 Å². The molecule has 10 aromatic rings. The number of thiophene rings is 3. The molecule has 1 fully saturated rings. The van der Waals surface area contributed by atoms with Gasteiger partial charge in [0.25, 0.3) is 30.4 Å². The molecule has 0 unspecified atom stereocenters. The predicted molar refractivity (Wildman–Crippen MR) is 320 cm³/mol. The van der Waals surface area contributed by atoms with Crippen molar-refractivity contribution < 1.29 is 55.0 Å². The van der Waals surface area contributed by atoms with Crippen LogP contribution in [0.1, 0.15) is 103 Å². The summed E-state index contributed by atoms with van der Waals surface area (Å²) < 4.78 is 101. The molecule has 0 radical (unpaired) electrons. The summed E-state index contributed by atoms with van der Waals surface area (Å²) in [5.41, 5.74) is 0.232. The Labute approximate surface area is 502 Å². The largest absolute Gasteiger partial charge is 0.393 e. The molecule has 0 bridgehead atoms. The van der Waals surface area contributed by atoms with Crippen LogP contribution in [0.2, 0.25) is 0 Å². The van der Waals surface area contributed by atoms with Crippen LogP contribution in [0.25, 0.3) is 41.7 Å². The Hall–Kier alpha value is -8.82. The highest BCUT2D eigenvalue weighted by Gasteiger charge is 2.30. The Balaban J connectivity index is 0.000000225. The third-order valence-corrected chi connectivity index (χ3v) is 14.0. The number of carbonyl (C=O) groups excluding carboxylic acids is 4. The van der Waals surface area contributed by atoms with Crippen LogP contribution in [-0.4, -0.2) is 125 Å². The summed E-state index contributed by atoms with van der Waals surface area (Å²) in [5, 5.41) is 34.0. The summed E-state index contributed by atoms with van der Waals surface area (Å²) in [6.45, 7) is 14.6. The second kappa shape index (κ2) is 32.6. The predicted octanol–water partition coefficient (Wildman–Crippen LogP) is 9.91. The van der Waals surface area contributed by atoms with Crippen molar-refractivity contribution in [1.29, 1.82) is 0 Å². The number of anilines is 2. The second-order valence-corrected chi connectivity index (χ2v) is 19.7. The minimum atomic E-state index is -2.96. The van der Waals surface area contributed by atoms with Gasteiger partial charge in [0.05, 0.1) is 54.8 Å². The van der Waals surface area contributed by atoms with Crippen LogP contribution in [0.15, 0.2) is 98.1 Å². The second-order valence-electron chi connectivity index (χ2n) is 16.9. The summed E-state index contributed by atoms with van der Waals surface area (Å²) in [6.07, 6.45) is -3.24. The van der Waals surface area contributed by atoms with Crippen molar-refractivity contribution in [3.63, 3.8) is 0 Å². The summed E-state index contributed by atoms with van der Waals surface area (Å²) in [5.74, 6) is -4.43. The molecular formula is C54H61F7N16O7S3. The van der Waals surface area contributed by atoms with Gasteiger partial charge in [-0.2, -0.15) is 5.10 Å². The first-order chi connectivity index (χ1) is 41.9. The highest BCUT2D eigenvalue weighted by molar-refractivity contribution is 7.17. The average Bonchev–Trinajstić information content (AvgIpc) is 1.79. The number of halogens is 7. The van der Waals surface area contributed by atoms with Crippen molar-refractivity contribution >= 4 is 117 Å². The fourth-order valence-electron chi connectivity index (χ4n) is 8.06. The SMILES string of the molecule is CC.CC.CC.CC.CN(CC(=O)Nc1ncccn1)/N=C(/C(F)F)n1c(C=O)cc2sccc21.O=C(Cn1nc(C(F)F)n2c(cc3sccc32)c1=O)NC1CC(O)C1.O=C(Cn1nc(C(F)F)n2c(cc3sccc32)c1=O)Nc1ncc(F)cn1. The van der Waals surface area contributed by atoms with Crippen LogP contribution in [-0.2, 0) is 27.5 Å². The first-order valence-electron chi connectivity index (χ1n) is 26.9. The number of amides is 3. The number of hydrazone groups is 1. The van der Waals surface area contributed by atoms with Gasteiger partial charge in [-0.05, 0) is 71.4 Å². The highest BCUT2D eigenvalue weighted by atomic mass is 32.1. The number of hydrogen-bond donors (Lipinski definition) is 4. The van der Waals surface area contributed by atoms with E-state index >= 15 is 0 Å². The number of nitrogens with one attached hydrogen (secondary N) is 3. The summed E-state index contributed by atoms with van der Waals surface area (Å²) in [7, 11) is 1.38. The van der Waals surface area contributed by atoms with E-state index in [1.54, 1.807) is 40.4 Å². The maximum absolute atomic E-state index is 13.6. The monoisotopic (exact) mass is 1270 g/mol. The van der Waals surface area contributed by atoms with Gasteiger partial charge in [-0.15, -0.1) is 44.2 Å². The van der Waals surface area contributed by atoms with E-state index in [1.807, 2.05) is 55.4 Å². The van der Waals surface area contributed by atoms with E-state index < -0.39 is 90.6 Å². The van der Waals surface area contributed by atoms with E-state index in [2.05, 4.69) is 51.2 Å². The number of alkyl halides is 6. The van der Waals surface area contributed by atoms with Gasteiger partial charge in [0.1, 0.15) is 30.7 Å². The van der Waals surface area contributed by atoms with Gasteiger partial charge < -0.3 is 10.4 Å². The van der Waals surface area contributed by atoms with Crippen molar-refractivity contribution in [1.82, 2.24) is 63.2 Å². The first-order valence-corrected chi connectivity index (χ1v) is 29.5. The fraction of sp³-hybridized carbons (Fsp3) is 0.352. The van der Waals surface area contributed by atoms with Crippen molar-refractivity contribution in [2.75, 3.05) is 24.2 Å². The molecule has 0 atom stereocenters. The van der Waals surface area contributed by atoms with Gasteiger partial charge >= 0.3 is 0 Å². The molecule has 0 aliphatic heterocycles. The Bertz CT molecular complexity index is 4040. The smallest absolute Gasteiger partial charge is 0.297 e. The zero-order valence-corrected chi connectivity index (χ0v) is 50.6. The van der Waals surface area contributed by atoms with Crippen molar-refractivity contribution in [3.8, 4) is 0 Å². The lowest BCUT2D eigenvalue weighted by atomic mass is 9.89. The minimum absolute atomic E-state index is 0.00650. The summed E-state index contributed by atoms with van der Waals surface area (Å²) >= 11 is 3.96. The van der Waals surface area contributed by atoms with Gasteiger partial charge in [-0.25, -0.2) is 60.0 Å². The van der Waals surface area contributed by atoms with E-state index in [0.717, 1.165) is 35.5 Å². The number of aliphatic hydroxyl groups excluding tert-OH is 1. The molecule has 4 N–H and O–H groups in total. The maximum atomic E-state index is 13.6. The standard InChI is InChI=1S/C16H14F2N6O2S.C15H9F3N6O2S.C15H14F2N4O3S.4C2H6/c1-23(8-13(26)21-16-19-4-2-5-20-16)22-15(14(17)18)24-10(9-25)7-12-11(24)3-6-27-12;16-7-4-19-15(20-5-7)21-11(25)6-23-14(26)9-3-10-8(1-2-27-10)24(9)13(22-23)12(17)18;16-13(17)14-19-20(6-12(23)18-7-3-8(22)4-7)15(24)10-5-11-9(21(10)14)1-2-25-11;4*1-2/h2-7,9,14H,8H2,1H3,(H,19,20,21,26);1-5,12H,6H2,(H,19,20,21,25);1-2,5,7-8,13,22H,3-4,6H2,(H,18,23);4*1-2H3/b22-15-;;;;;;. The zero-order valence-electron chi connectivity index (χ0n) is 48.2. The minimum Gasteiger partial charge on any atom is -0.393 e. The van der Waals surface area contributed by atoms with Crippen LogP contribution in [0.4, 0.5) is 42.6 Å². The summed E-state index contributed by atoms with van der Waals surface area (Å²) in [4.78, 5) is 87.3. The fourth-order valence-corrected chi connectivity index (χ4v) is 10.5. The molecule has 33 heteroatoms. The number of fused-ring (bicyclic) bond motifs is 7. The Kier molecular flexibility index (Phi) is 25.9. The molecule has 1 aliphatic rings. The molecule has 87 heavy (non-hydrogen) atoms. The third kappa shape index (κ3) is 16.8. The Morgan fingerprint density at radius 2 is 1.13 bits per heavy atom. The number of rotatable bonds is 14. The first kappa shape index (κ1) is 69.0. The number of aromatic nitrogens is 11. The molecular weight excluding hydrogens is 1210 g/mol. The van der Waals surface area contributed by atoms with Crippen LogP contribution < -0.4 is 27.1 Å². The molecule has 466 valence electrons. The van der Waals surface area contributed by atoms with Crippen molar-refractivity contribution in [2.45, 2.75) is 113 Å². The highest BCUT2D eigenvalue weighted by Crippen LogP contribution is 2.30. The van der Waals surface area contributed by atoms with Gasteiger partial charge in [0, 0.05) is 25.5 Å². The summed E-state index contributed by atoms with van der Waals surface area (Å²) in [6, 6.07) is 10.9. The normalized spacial score (nSPS) is 13.4. The molecule has 1 saturated carbocycles. The van der Waals surface area contributed by atoms with E-state index in [9.17, 15) is 64.6 Å². The van der Waals surface area contributed by atoms with E-state index in [4.69, 9.17) is 0 Å². The Morgan fingerprint density at radius 1 is 0.678 bits per heavy atom. The number of hydrogen-bond acceptors (Lipinski definition) is 18. The molecule has 3 amide bonds. The number of likely N-dealkylation sites (N-methyl/N-ethyl adjacent to an activating group) is 1. The Morgan fingerprint density at radius 3 is 1.59 bits per heavy atom. The van der Waals surface area contributed by atoms with Crippen LogP contribution in [0, 0.1) is 5.82 Å². The number of nitrogens with zero attached hydrogens (tertiary/aromatic N) is 13. The van der Waals surface area contributed by atoms with Gasteiger partial charge in [-0.1, -0.05) is 55.4 Å². The van der Waals surface area contributed by atoms with Gasteiger partial charge in [0.15, 0.2) is 12.1 Å². The topological polar surface area (TPSA) is 275 Å². The average molecular weight is 1280 g/mol. The van der Waals surface area contributed by atoms with Crippen LogP contribution >= 0.6 is 34.0 Å².